The molecule has 1 aromatic carbocycles. The Kier molecular flexibility index (Phi) is 7.15. The van der Waals surface area contributed by atoms with Crippen LogP contribution in [0.4, 0.5) is 0 Å². The van der Waals surface area contributed by atoms with E-state index < -0.39 is 0 Å². The summed E-state index contributed by atoms with van der Waals surface area (Å²) >= 11 is 0. The number of rotatable bonds is 8. The second-order valence-electron chi connectivity index (χ2n) is 6.06. The first-order chi connectivity index (χ1) is 9.08. The Balaban J connectivity index is 2.74. The summed E-state index contributed by atoms with van der Waals surface area (Å²) in [5.41, 5.74) is 2.87. The van der Waals surface area contributed by atoms with E-state index in [0.717, 1.165) is 12.5 Å². The van der Waals surface area contributed by atoms with Gasteiger partial charge in [0.05, 0.1) is 0 Å². The number of hydrogen-bond donors (Lipinski definition) is 1. The zero-order valence-corrected chi connectivity index (χ0v) is 13.4. The van der Waals surface area contributed by atoms with Crippen molar-refractivity contribution in [1.82, 2.24) is 5.32 Å². The quantitative estimate of drug-likeness (QED) is 0.670. The molecule has 2 atom stereocenters. The van der Waals surface area contributed by atoms with Crippen molar-refractivity contribution < 1.29 is 0 Å². The molecule has 0 saturated heterocycles. The van der Waals surface area contributed by atoms with E-state index in [4.69, 9.17) is 0 Å². The molecule has 0 aromatic heterocycles. The van der Waals surface area contributed by atoms with E-state index >= 15 is 0 Å². The largest absolute Gasteiger partial charge is 0.310 e. The van der Waals surface area contributed by atoms with Crippen molar-refractivity contribution in [2.24, 2.45) is 5.92 Å². The normalized spacial score (nSPS) is 14.6. The van der Waals surface area contributed by atoms with Gasteiger partial charge >= 0.3 is 0 Å². The molecule has 0 amide bonds. The first-order valence-electron chi connectivity index (χ1n) is 7.91. The molecule has 19 heavy (non-hydrogen) atoms. The highest BCUT2D eigenvalue weighted by molar-refractivity contribution is 5.26. The van der Waals surface area contributed by atoms with E-state index in [2.05, 4.69) is 64.2 Å². The Bertz CT molecular complexity index is 339. The van der Waals surface area contributed by atoms with Gasteiger partial charge in [0.2, 0.25) is 0 Å². The SMILES string of the molecule is CCCC(C)CC(NCC)c1ccc(C(C)C)cc1. The fourth-order valence-corrected chi connectivity index (χ4v) is 2.71. The van der Waals surface area contributed by atoms with E-state index in [1.807, 2.05) is 0 Å². The minimum absolute atomic E-state index is 0.507. The molecule has 0 aliphatic rings. The highest BCUT2D eigenvalue weighted by Crippen LogP contribution is 2.25. The lowest BCUT2D eigenvalue weighted by molar-refractivity contribution is 0.395. The second-order valence-corrected chi connectivity index (χ2v) is 6.06. The number of nitrogens with one attached hydrogen (secondary N) is 1. The standard InChI is InChI=1S/C18H31N/c1-6-8-15(5)13-18(19-7-2)17-11-9-16(10-12-17)14(3)4/h9-12,14-15,18-19H,6-8,13H2,1-5H3. The Morgan fingerprint density at radius 1 is 0.947 bits per heavy atom. The molecule has 108 valence electrons. The van der Waals surface area contributed by atoms with Gasteiger partial charge in [0.25, 0.3) is 0 Å². The van der Waals surface area contributed by atoms with E-state index in [1.54, 1.807) is 0 Å². The van der Waals surface area contributed by atoms with Crippen molar-refractivity contribution in [1.29, 1.82) is 0 Å². The predicted molar refractivity (Wildman–Crippen MR) is 85.6 cm³/mol. The van der Waals surface area contributed by atoms with E-state index in [9.17, 15) is 0 Å². The lowest BCUT2D eigenvalue weighted by Gasteiger charge is -2.22. The van der Waals surface area contributed by atoms with Crippen molar-refractivity contribution >= 4 is 0 Å². The molecular formula is C18H31N. The van der Waals surface area contributed by atoms with Gasteiger partial charge in [-0.15, -0.1) is 0 Å². The number of hydrogen-bond acceptors (Lipinski definition) is 1. The van der Waals surface area contributed by atoms with Gasteiger partial charge in [-0.25, -0.2) is 0 Å². The average Bonchev–Trinajstić information content (AvgIpc) is 2.38. The van der Waals surface area contributed by atoms with E-state index in [1.165, 1.54) is 30.4 Å². The maximum absolute atomic E-state index is 3.64. The molecule has 1 heteroatoms. The number of benzene rings is 1. The van der Waals surface area contributed by atoms with Gasteiger partial charge in [0.15, 0.2) is 0 Å². The Hall–Kier alpha value is -0.820. The van der Waals surface area contributed by atoms with Crippen LogP contribution in [-0.4, -0.2) is 6.54 Å². The maximum atomic E-state index is 3.64. The molecule has 0 aliphatic carbocycles. The van der Waals surface area contributed by atoms with Crippen molar-refractivity contribution in [3.8, 4) is 0 Å². The van der Waals surface area contributed by atoms with Gasteiger partial charge in [-0.2, -0.15) is 0 Å². The summed E-state index contributed by atoms with van der Waals surface area (Å²) < 4.78 is 0. The van der Waals surface area contributed by atoms with Crippen LogP contribution in [0.1, 0.15) is 77.0 Å². The molecule has 0 heterocycles. The summed E-state index contributed by atoms with van der Waals surface area (Å²) in [6.45, 7) is 12.4. The molecule has 0 fully saturated rings. The zero-order valence-electron chi connectivity index (χ0n) is 13.4. The van der Waals surface area contributed by atoms with Crippen LogP contribution in [0.2, 0.25) is 0 Å². The smallest absolute Gasteiger partial charge is 0.0322 e. The first-order valence-corrected chi connectivity index (χ1v) is 7.91. The lowest BCUT2D eigenvalue weighted by Crippen LogP contribution is -2.23. The molecule has 0 spiro atoms. The van der Waals surface area contributed by atoms with E-state index in [-0.39, 0.29) is 0 Å². The van der Waals surface area contributed by atoms with Crippen LogP contribution in [0.5, 0.6) is 0 Å². The molecule has 1 rings (SSSR count). The third-order valence-electron chi connectivity index (χ3n) is 3.88. The van der Waals surface area contributed by atoms with Crippen LogP contribution in [0.3, 0.4) is 0 Å². The van der Waals surface area contributed by atoms with Crippen LogP contribution < -0.4 is 5.32 Å². The van der Waals surface area contributed by atoms with E-state index in [0.29, 0.717) is 12.0 Å². The monoisotopic (exact) mass is 261 g/mol. The molecule has 1 aromatic rings. The maximum Gasteiger partial charge on any atom is 0.0322 e. The van der Waals surface area contributed by atoms with Gasteiger partial charge in [0, 0.05) is 6.04 Å². The van der Waals surface area contributed by atoms with Gasteiger partial charge < -0.3 is 5.32 Å². The van der Waals surface area contributed by atoms with Crippen LogP contribution >= 0.6 is 0 Å². The van der Waals surface area contributed by atoms with Gasteiger partial charge in [-0.3, -0.25) is 0 Å². The van der Waals surface area contributed by atoms with Crippen LogP contribution in [-0.2, 0) is 0 Å². The summed E-state index contributed by atoms with van der Waals surface area (Å²) in [6, 6.07) is 9.69. The van der Waals surface area contributed by atoms with Crippen LogP contribution in [0.25, 0.3) is 0 Å². The van der Waals surface area contributed by atoms with Crippen molar-refractivity contribution in [3.63, 3.8) is 0 Å². The fourth-order valence-electron chi connectivity index (χ4n) is 2.71. The zero-order chi connectivity index (χ0) is 14.3. The Morgan fingerprint density at radius 3 is 2.00 bits per heavy atom. The molecular weight excluding hydrogens is 230 g/mol. The van der Waals surface area contributed by atoms with Crippen molar-refractivity contribution in [3.05, 3.63) is 35.4 Å². The minimum atomic E-state index is 0.507. The van der Waals surface area contributed by atoms with Gasteiger partial charge in [-0.05, 0) is 35.9 Å². The average molecular weight is 261 g/mol. The predicted octanol–water partition coefficient (Wildman–Crippen LogP) is 5.29. The fraction of sp³-hybridized carbons (Fsp3) is 0.667. The van der Waals surface area contributed by atoms with Gasteiger partial charge in [0.1, 0.15) is 0 Å². The molecule has 0 bridgehead atoms. The highest BCUT2D eigenvalue weighted by atomic mass is 14.9. The molecule has 0 aliphatic heterocycles. The van der Waals surface area contributed by atoms with Crippen LogP contribution in [0, 0.1) is 5.92 Å². The Labute approximate surface area is 119 Å². The van der Waals surface area contributed by atoms with Crippen molar-refractivity contribution in [2.45, 2.75) is 65.8 Å². The summed E-state index contributed by atoms with van der Waals surface area (Å²) in [5, 5.41) is 3.64. The molecule has 2 unspecified atom stereocenters. The topological polar surface area (TPSA) is 12.0 Å². The lowest BCUT2D eigenvalue weighted by atomic mass is 9.91. The highest BCUT2D eigenvalue weighted by Gasteiger charge is 2.14. The summed E-state index contributed by atoms with van der Waals surface area (Å²) in [5.74, 6) is 1.41. The second kappa shape index (κ2) is 8.37. The Morgan fingerprint density at radius 2 is 1.53 bits per heavy atom. The minimum Gasteiger partial charge on any atom is -0.310 e. The third-order valence-corrected chi connectivity index (χ3v) is 3.88. The van der Waals surface area contributed by atoms with Crippen LogP contribution in [0.15, 0.2) is 24.3 Å². The van der Waals surface area contributed by atoms with Gasteiger partial charge in [-0.1, -0.05) is 71.7 Å². The van der Waals surface area contributed by atoms with Crippen molar-refractivity contribution in [2.75, 3.05) is 6.54 Å². The molecule has 1 nitrogen and oxygen atoms in total. The molecule has 0 radical (unpaired) electrons. The molecule has 0 saturated carbocycles. The summed E-state index contributed by atoms with van der Waals surface area (Å²) in [4.78, 5) is 0. The third kappa shape index (κ3) is 5.36. The summed E-state index contributed by atoms with van der Waals surface area (Å²) in [6.07, 6.45) is 3.85. The molecule has 1 N–H and O–H groups in total. The summed E-state index contributed by atoms with van der Waals surface area (Å²) in [7, 11) is 0. The first kappa shape index (κ1) is 16.2.